The minimum absolute atomic E-state index is 0.135. The van der Waals surface area contributed by atoms with Crippen LogP contribution in [0.5, 0.6) is 0 Å². The van der Waals surface area contributed by atoms with Gasteiger partial charge < -0.3 is 10.6 Å². The number of carbonyl (C=O) groups is 1. The van der Waals surface area contributed by atoms with Gasteiger partial charge in [0.25, 0.3) is 5.91 Å². The highest BCUT2D eigenvalue weighted by atomic mass is 19.1. The third-order valence-electron chi connectivity index (χ3n) is 4.77. The van der Waals surface area contributed by atoms with Gasteiger partial charge in [0, 0.05) is 13.1 Å². The summed E-state index contributed by atoms with van der Waals surface area (Å²) < 4.78 is 12.9. The zero-order valence-corrected chi connectivity index (χ0v) is 15.5. The van der Waals surface area contributed by atoms with Gasteiger partial charge in [0.15, 0.2) is 0 Å². The number of pyridine rings is 1. The number of allylic oxidation sites excluding steroid dienone is 1. The lowest BCUT2D eigenvalue weighted by Crippen LogP contribution is -2.25. The molecule has 2 N–H and O–H groups in total. The van der Waals surface area contributed by atoms with Crippen LogP contribution in [-0.4, -0.2) is 24.0 Å². The maximum absolute atomic E-state index is 12.9. The van der Waals surface area contributed by atoms with Crippen LogP contribution in [0, 0.1) is 5.82 Å². The topological polar surface area (TPSA) is 54.0 Å². The number of hydrogen-bond acceptors (Lipinski definition) is 3. The molecule has 3 rings (SSSR count). The largest absolute Gasteiger partial charge is 0.383 e. The van der Waals surface area contributed by atoms with Crippen LogP contribution in [0.25, 0.3) is 0 Å². The lowest BCUT2D eigenvalue weighted by molar-refractivity contribution is 0.0949. The van der Waals surface area contributed by atoms with Crippen LogP contribution in [0.2, 0.25) is 0 Å². The first-order valence-corrected chi connectivity index (χ1v) is 9.61. The zero-order chi connectivity index (χ0) is 18.9. The first-order chi connectivity index (χ1) is 13.2. The second-order valence-corrected chi connectivity index (χ2v) is 6.85. The second kappa shape index (κ2) is 9.86. The van der Waals surface area contributed by atoms with E-state index in [2.05, 4.69) is 21.7 Å². The number of carbonyl (C=O) groups excluding carboxylic acids is 1. The van der Waals surface area contributed by atoms with Crippen molar-refractivity contribution in [2.75, 3.05) is 18.4 Å². The molecule has 0 bridgehead atoms. The van der Waals surface area contributed by atoms with E-state index in [1.165, 1.54) is 37.0 Å². The summed E-state index contributed by atoms with van der Waals surface area (Å²) in [6.07, 6.45) is 10.6. The molecule has 0 unspecified atom stereocenters. The second-order valence-electron chi connectivity index (χ2n) is 6.85. The van der Waals surface area contributed by atoms with Crippen LogP contribution >= 0.6 is 0 Å². The SMILES string of the molecule is O=C(NCCC1=CCCCC1)c1ccc(NCCc2ccc(F)cc2)cn1. The number of aromatic nitrogens is 1. The summed E-state index contributed by atoms with van der Waals surface area (Å²) >= 11 is 0. The molecule has 1 aliphatic carbocycles. The molecule has 4 nitrogen and oxygen atoms in total. The average Bonchev–Trinajstić information content (AvgIpc) is 2.71. The molecular weight excluding hydrogens is 341 g/mol. The third kappa shape index (κ3) is 6.20. The summed E-state index contributed by atoms with van der Waals surface area (Å²) in [6.45, 7) is 1.37. The fourth-order valence-corrected chi connectivity index (χ4v) is 3.19. The fraction of sp³-hybridized carbons (Fsp3) is 0.364. The van der Waals surface area contributed by atoms with E-state index in [0.717, 1.165) is 30.5 Å². The Bertz CT molecular complexity index is 769. The van der Waals surface area contributed by atoms with Crippen LogP contribution < -0.4 is 10.6 Å². The summed E-state index contributed by atoms with van der Waals surface area (Å²) in [6, 6.07) is 10.1. The molecule has 1 amide bonds. The van der Waals surface area contributed by atoms with E-state index in [4.69, 9.17) is 0 Å². The van der Waals surface area contributed by atoms with Gasteiger partial charge >= 0.3 is 0 Å². The van der Waals surface area contributed by atoms with Crippen molar-refractivity contribution in [2.45, 2.75) is 38.5 Å². The van der Waals surface area contributed by atoms with E-state index in [-0.39, 0.29) is 11.7 Å². The standard InChI is InChI=1S/C22H26FN3O/c23-19-8-6-18(7-9-19)12-14-24-20-10-11-21(26-16-20)22(27)25-15-13-17-4-2-1-3-5-17/h4,6-11,16,24H,1-3,5,12-15H2,(H,25,27). The summed E-state index contributed by atoms with van der Waals surface area (Å²) in [5, 5.41) is 6.21. The number of amides is 1. The van der Waals surface area contributed by atoms with Gasteiger partial charge in [-0.1, -0.05) is 23.8 Å². The van der Waals surface area contributed by atoms with Gasteiger partial charge in [-0.15, -0.1) is 0 Å². The van der Waals surface area contributed by atoms with Crippen molar-refractivity contribution in [1.82, 2.24) is 10.3 Å². The highest BCUT2D eigenvalue weighted by molar-refractivity contribution is 5.92. The van der Waals surface area contributed by atoms with Crippen LogP contribution in [0.15, 0.2) is 54.2 Å². The van der Waals surface area contributed by atoms with Crippen molar-refractivity contribution in [2.24, 2.45) is 0 Å². The number of benzene rings is 1. The van der Waals surface area contributed by atoms with Crippen molar-refractivity contribution in [3.63, 3.8) is 0 Å². The van der Waals surface area contributed by atoms with Crippen molar-refractivity contribution in [1.29, 1.82) is 0 Å². The number of hydrogen-bond donors (Lipinski definition) is 2. The predicted octanol–water partition coefficient (Wildman–Crippen LogP) is 4.50. The average molecular weight is 367 g/mol. The molecule has 5 heteroatoms. The Labute approximate surface area is 159 Å². The monoisotopic (exact) mass is 367 g/mol. The number of nitrogens with zero attached hydrogens (tertiary/aromatic N) is 1. The van der Waals surface area contributed by atoms with Crippen molar-refractivity contribution in [3.05, 3.63) is 71.3 Å². The Kier molecular flexibility index (Phi) is 6.97. The molecule has 0 radical (unpaired) electrons. The van der Waals surface area contributed by atoms with Gasteiger partial charge in [0.1, 0.15) is 11.5 Å². The van der Waals surface area contributed by atoms with E-state index in [1.54, 1.807) is 24.4 Å². The van der Waals surface area contributed by atoms with Crippen LogP contribution in [0.1, 0.15) is 48.2 Å². The minimum atomic E-state index is -0.222. The Morgan fingerprint density at radius 1 is 1.04 bits per heavy atom. The number of anilines is 1. The van der Waals surface area contributed by atoms with Gasteiger partial charge in [-0.05, 0) is 68.4 Å². The highest BCUT2D eigenvalue weighted by Gasteiger charge is 2.08. The minimum Gasteiger partial charge on any atom is -0.383 e. The fourth-order valence-electron chi connectivity index (χ4n) is 3.19. The predicted molar refractivity (Wildman–Crippen MR) is 106 cm³/mol. The summed E-state index contributed by atoms with van der Waals surface area (Å²) in [7, 11) is 0. The number of rotatable bonds is 8. The molecule has 142 valence electrons. The summed E-state index contributed by atoms with van der Waals surface area (Å²) in [4.78, 5) is 16.4. The molecule has 0 saturated carbocycles. The van der Waals surface area contributed by atoms with Gasteiger partial charge in [-0.25, -0.2) is 9.37 Å². The normalized spacial score (nSPS) is 13.7. The number of halogens is 1. The lowest BCUT2D eigenvalue weighted by Gasteiger charge is -2.13. The van der Waals surface area contributed by atoms with Crippen molar-refractivity contribution >= 4 is 11.6 Å². The van der Waals surface area contributed by atoms with E-state index in [9.17, 15) is 9.18 Å². The molecule has 1 aliphatic rings. The molecule has 0 atom stereocenters. The molecule has 0 aliphatic heterocycles. The Balaban J connectivity index is 1.40. The Morgan fingerprint density at radius 3 is 2.59 bits per heavy atom. The molecule has 1 heterocycles. The third-order valence-corrected chi connectivity index (χ3v) is 4.77. The van der Waals surface area contributed by atoms with Gasteiger partial charge in [0.2, 0.25) is 0 Å². The molecule has 1 aromatic heterocycles. The van der Waals surface area contributed by atoms with Crippen LogP contribution in [-0.2, 0) is 6.42 Å². The van der Waals surface area contributed by atoms with E-state index in [0.29, 0.717) is 18.8 Å². The summed E-state index contributed by atoms with van der Waals surface area (Å²) in [5.74, 6) is -0.357. The first kappa shape index (κ1) is 19.1. The maximum atomic E-state index is 12.9. The smallest absolute Gasteiger partial charge is 0.269 e. The molecule has 0 spiro atoms. The Hall–Kier alpha value is -2.69. The van der Waals surface area contributed by atoms with E-state index >= 15 is 0 Å². The van der Waals surface area contributed by atoms with Gasteiger partial charge in [0.05, 0.1) is 11.9 Å². The van der Waals surface area contributed by atoms with Crippen molar-refractivity contribution < 1.29 is 9.18 Å². The molecule has 2 aromatic rings. The quantitative estimate of drug-likeness (QED) is 0.676. The number of nitrogens with one attached hydrogen (secondary N) is 2. The summed E-state index contributed by atoms with van der Waals surface area (Å²) in [5.41, 5.74) is 3.81. The molecule has 0 saturated heterocycles. The molecule has 0 fully saturated rings. The molecule has 27 heavy (non-hydrogen) atoms. The van der Waals surface area contributed by atoms with E-state index in [1.807, 2.05) is 6.07 Å². The van der Waals surface area contributed by atoms with Crippen LogP contribution in [0.4, 0.5) is 10.1 Å². The first-order valence-electron chi connectivity index (χ1n) is 9.61. The van der Waals surface area contributed by atoms with Crippen LogP contribution in [0.3, 0.4) is 0 Å². The van der Waals surface area contributed by atoms with Gasteiger partial charge in [-0.3, -0.25) is 4.79 Å². The molecule has 1 aromatic carbocycles. The van der Waals surface area contributed by atoms with E-state index < -0.39 is 0 Å². The Morgan fingerprint density at radius 2 is 1.89 bits per heavy atom. The van der Waals surface area contributed by atoms with Gasteiger partial charge in [-0.2, -0.15) is 0 Å². The highest BCUT2D eigenvalue weighted by Crippen LogP contribution is 2.19. The zero-order valence-electron chi connectivity index (χ0n) is 15.5. The lowest BCUT2D eigenvalue weighted by atomic mass is 9.97. The molecular formula is C22H26FN3O. The maximum Gasteiger partial charge on any atom is 0.269 e. The van der Waals surface area contributed by atoms with Crippen molar-refractivity contribution in [3.8, 4) is 0 Å².